The quantitative estimate of drug-likeness (QED) is 0.471. The minimum atomic E-state index is 0.719. The zero-order chi connectivity index (χ0) is 22.0. The lowest BCUT2D eigenvalue weighted by molar-refractivity contribution is 0.248. The van der Waals surface area contributed by atoms with E-state index in [-0.39, 0.29) is 0 Å². The topological polar surface area (TPSA) is 61.6 Å². The van der Waals surface area contributed by atoms with Crippen molar-refractivity contribution < 1.29 is 0 Å². The van der Waals surface area contributed by atoms with E-state index in [1.807, 2.05) is 42.5 Å². The Morgan fingerprint density at radius 3 is 2.36 bits per heavy atom. The first-order valence-electron chi connectivity index (χ1n) is 11.9. The molecule has 0 bridgehead atoms. The highest BCUT2D eigenvalue weighted by Crippen LogP contribution is 2.30. The van der Waals surface area contributed by atoms with Gasteiger partial charge in [-0.1, -0.05) is 42.5 Å². The van der Waals surface area contributed by atoms with Gasteiger partial charge in [0, 0.05) is 50.5 Å². The molecule has 1 N–H and O–H groups in total. The fraction of sp³-hybridized carbons (Fsp3) is 0.346. The van der Waals surface area contributed by atoms with E-state index in [1.54, 1.807) is 4.52 Å². The molecule has 7 nitrogen and oxygen atoms in total. The molecule has 6 rings (SSSR count). The highest BCUT2D eigenvalue weighted by atomic mass is 15.4. The van der Waals surface area contributed by atoms with Gasteiger partial charge in [0.1, 0.15) is 5.82 Å². The molecule has 2 aromatic carbocycles. The van der Waals surface area contributed by atoms with Crippen molar-refractivity contribution >= 4 is 17.2 Å². The molecule has 33 heavy (non-hydrogen) atoms. The zero-order valence-corrected chi connectivity index (χ0v) is 18.8. The van der Waals surface area contributed by atoms with Crippen LogP contribution in [0, 0.1) is 5.92 Å². The Morgan fingerprint density at radius 2 is 1.61 bits per heavy atom. The smallest absolute Gasteiger partial charge is 0.185 e. The highest BCUT2D eigenvalue weighted by molar-refractivity contribution is 5.59. The predicted molar refractivity (Wildman–Crippen MR) is 131 cm³/mol. The molecule has 3 heterocycles. The third-order valence-electron chi connectivity index (χ3n) is 6.66. The maximum atomic E-state index is 4.72. The molecule has 0 unspecified atom stereocenters. The molecular formula is C26H29N7. The summed E-state index contributed by atoms with van der Waals surface area (Å²) in [6, 6.07) is 22.8. The molecule has 2 aromatic heterocycles. The average Bonchev–Trinajstić information content (AvgIpc) is 3.59. The van der Waals surface area contributed by atoms with Crippen molar-refractivity contribution in [3.63, 3.8) is 0 Å². The van der Waals surface area contributed by atoms with Gasteiger partial charge in [-0.15, -0.1) is 15.3 Å². The van der Waals surface area contributed by atoms with Crippen LogP contribution in [0.3, 0.4) is 0 Å². The van der Waals surface area contributed by atoms with Crippen LogP contribution in [0.5, 0.6) is 0 Å². The van der Waals surface area contributed by atoms with Crippen LogP contribution in [-0.2, 0) is 6.54 Å². The number of hydrogen-bond donors (Lipinski definition) is 1. The third kappa shape index (κ3) is 4.54. The Bertz CT molecular complexity index is 1210. The Balaban J connectivity index is 1.08. The lowest BCUT2D eigenvalue weighted by atomic mass is 10.1. The van der Waals surface area contributed by atoms with Gasteiger partial charge >= 0.3 is 0 Å². The number of hydrogen-bond acceptors (Lipinski definition) is 6. The zero-order valence-electron chi connectivity index (χ0n) is 18.8. The number of benzene rings is 2. The van der Waals surface area contributed by atoms with Crippen molar-refractivity contribution in [1.82, 2.24) is 24.7 Å². The SMILES string of the molecule is c1ccc(-c2nnc3ccc(NCc4ccc(N5CCN(CC6CC6)CC5)cc4)nn23)cc1. The molecule has 0 atom stereocenters. The van der Waals surface area contributed by atoms with Crippen LogP contribution in [-0.4, -0.2) is 57.4 Å². The highest BCUT2D eigenvalue weighted by Gasteiger charge is 2.26. The first-order chi connectivity index (χ1) is 16.3. The molecule has 2 aliphatic rings. The number of anilines is 2. The predicted octanol–water partition coefficient (Wildman–Crippen LogP) is 3.94. The number of piperazine rings is 1. The third-order valence-corrected chi connectivity index (χ3v) is 6.66. The summed E-state index contributed by atoms with van der Waals surface area (Å²) < 4.78 is 1.80. The van der Waals surface area contributed by atoms with Crippen LogP contribution < -0.4 is 10.2 Å². The van der Waals surface area contributed by atoms with E-state index < -0.39 is 0 Å². The van der Waals surface area contributed by atoms with Gasteiger partial charge in [0.2, 0.25) is 0 Å². The van der Waals surface area contributed by atoms with Gasteiger partial charge in [-0.05, 0) is 48.6 Å². The van der Waals surface area contributed by atoms with Crippen LogP contribution in [0.4, 0.5) is 11.5 Å². The summed E-state index contributed by atoms with van der Waals surface area (Å²) in [4.78, 5) is 5.14. The molecule has 0 radical (unpaired) electrons. The second-order valence-electron chi connectivity index (χ2n) is 9.13. The van der Waals surface area contributed by atoms with E-state index in [0.29, 0.717) is 0 Å². The molecule has 1 saturated heterocycles. The maximum Gasteiger partial charge on any atom is 0.185 e. The summed E-state index contributed by atoms with van der Waals surface area (Å²) in [5, 5.41) is 16.7. The molecular weight excluding hydrogens is 410 g/mol. The van der Waals surface area contributed by atoms with Gasteiger partial charge in [-0.25, -0.2) is 0 Å². The lowest BCUT2D eigenvalue weighted by Crippen LogP contribution is -2.47. The van der Waals surface area contributed by atoms with Crippen LogP contribution in [0.15, 0.2) is 66.7 Å². The largest absolute Gasteiger partial charge is 0.369 e. The van der Waals surface area contributed by atoms with E-state index >= 15 is 0 Å². The fourth-order valence-electron chi connectivity index (χ4n) is 4.52. The van der Waals surface area contributed by atoms with E-state index in [1.165, 1.54) is 43.7 Å². The van der Waals surface area contributed by atoms with Crippen LogP contribution in [0.25, 0.3) is 17.0 Å². The molecule has 0 amide bonds. The van der Waals surface area contributed by atoms with Gasteiger partial charge in [0.25, 0.3) is 0 Å². The molecule has 7 heteroatoms. The van der Waals surface area contributed by atoms with Gasteiger partial charge in [0.15, 0.2) is 11.5 Å². The first kappa shape index (κ1) is 20.2. The standard InChI is InChI=1S/C26H29N7/c1-2-4-22(5-3-1)26-29-28-25-13-12-24(30-33(25)26)27-18-20-8-10-23(11-9-20)32-16-14-31(15-17-32)19-21-6-7-21/h1-5,8-13,21H,6-7,14-19H2,(H,27,30). The summed E-state index contributed by atoms with van der Waals surface area (Å²) in [6.07, 6.45) is 2.87. The Labute approximate surface area is 194 Å². The van der Waals surface area contributed by atoms with Crippen molar-refractivity contribution in [3.05, 3.63) is 72.3 Å². The molecule has 1 aliphatic carbocycles. The summed E-state index contributed by atoms with van der Waals surface area (Å²) in [5.74, 6) is 2.53. The Morgan fingerprint density at radius 1 is 0.818 bits per heavy atom. The lowest BCUT2D eigenvalue weighted by Gasteiger charge is -2.36. The van der Waals surface area contributed by atoms with E-state index in [2.05, 4.69) is 49.6 Å². The second kappa shape index (κ2) is 8.83. The summed E-state index contributed by atoms with van der Waals surface area (Å²) >= 11 is 0. The van der Waals surface area contributed by atoms with E-state index in [0.717, 1.165) is 48.4 Å². The fourth-order valence-corrected chi connectivity index (χ4v) is 4.52. The van der Waals surface area contributed by atoms with Crippen LogP contribution in [0.2, 0.25) is 0 Å². The minimum Gasteiger partial charge on any atom is -0.369 e. The van der Waals surface area contributed by atoms with Gasteiger partial charge in [-0.2, -0.15) is 4.52 Å². The normalized spacial score (nSPS) is 16.9. The maximum absolute atomic E-state index is 4.72. The molecule has 1 saturated carbocycles. The average molecular weight is 440 g/mol. The number of aromatic nitrogens is 4. The van der Waals surface area contributed by atoms with Crippen molar-refractivity contribution in [3.8, 4) is 11.4 Å². The monoisotopic (exact) mass is 439 g/mol. The van der Waals surface area contributed by atoms with Crippen molar-refractivity contribution in [2.45, 2.75) is 19.4 Å². The molecule has 1 aliphatic heterocycles. The van der Waals surface area contributed by atoms with Gasteiger partial charge in [0.05, 0.1) is 0 Å². The number of nitrogens with one attached hydrogen (secondary N) is 1. The van der Waals surface area contributed by atoms with E-state index in [9.17, 15) is 0 Å². The second-order valence-corrected chi connectivity index (χ2v) is 9.13. The minimum absolute atomic E-state index is 0.719. The van der Waals surface area contributed by atoms with Crippen LogP contribution in [0.1, 0.15) is 18.4 Å². The molecule has 168 valence electrons. The van der Waals surface area contributed by atoms with Crippen molar-refractivity contribution in [2.75, 3.05) is 42.9 Å². The number of nitrogens with zero attached hydrogens (tertiary/aromatic N) is 6. The van der Waals surface area contributed by atoms with Crippen molar-refractivity contribution in [1.29, 1.82) is 0 Å². The van der Waals surface area contributed by atoms with Crippen LogP contribution >= 0.6 is 0 Å². The molecule has 0 spiro atoms. The van der Waals surface area contributed by atoms with Gasteiger partial charge in [-0.3, -0.25) is 4.90 Å². The summed E-state index contributed by atoms with van der Waals surface area (Å²) in [7, 11) is 0. The Hall–Kier alpha value is -3.45. The molecule has 2 fully saturated rings. The molecule has 4 aromatic rings. The van der Waals surface area contributed by atoms with Crippen molar-refractivity contribution in [2.24, 2.45) is 5.92 Å². The summed E-state index contributed by atoms with van der Waals surface area (Å²) in [6.45, 7) is 6.63. The first-order valence-corrected chi connectivity index (χ1v) is 11.9. The van der Waals surface area contributed by atoms with E-state index in [4.69, 9.17) is 5.10 Å². The summed E-state index contributed by atoms with van der Waals surface area (Å²) in [5.41, 5.74) is 4.29. The number of fused-ring (bicyclic) bond motifs is 1. The Kier molecular flexibility index (Phi) is 5.40. The van der Waals surface area contributed by atoms with Gasteiger partial charge < -0.3 is 10.2 Å². The number of rotatable bonds is 7.